The van der Waals surface area contributed by atoms with Gasteiger partial charge in [0.2, 0.25) is 0 Å². The maximum Gasteiger partial charge on any atom is 0.293 e. The third kappa shape index (κ3) is 4.24. The Morgan fingerprint density at radius 2 is 2.00 bits per heavy atom. The summed E-state index contributed by atoms with van der Waals surface area (Å²) in [5, 5.41) is -0.246. The van der Waals surface area contributed by atoms with Gasteiger partial charge in [0.25, 0.3) is 11.1 Å². The Hall–Kier alpha value is -1.80. The number of thioether (sulfide) groups is 1. The van der Waals surface area contributed by atoms with Crippen molar-refractivity contribution in [3.05, 3.63) is 67.6 Å². The summed E-state index contributed by atoms with van der Waals surface area (Å²) < 4.78 is 6.85. The Morgan fingerprint density at radius 1 is 1.20 bits per heavy atom. The second-order valence-corrected chi connectivity index (χ2v) is 7.86. The van der Waals surface area contributed by atoms with Crippen LogP contribution in [0.15, 0.2) is 47.4 Å². The average molecular weight is 465 g/mol. The van der Waals surface area contributed by atoms with Crippen LogP contribution in [0.25, 0.3) is 6.08 Å². The first-order valence-electron chi connectivity index (χ1n) is 7.63. The van der Waals surface area contributed by atoms with Crippen molar-refractivity contribution in [2.24, 2.45) is 0 Å². The van der Waals surface area contributed by atoms with Crippen LogP contribution in [0.2, 0.25) is 0 Å². The van der Waals surface area contributed by atoms with Gasteiger partial charge in [0, 0.05) is 7.05 Å². The molecule has 4 nitrogen and oxygen atoms in total. The van der Waals surface area contributed by atoms with E-state index >= 15 is 0 Å². The zero-order chi connectivity index (χ0) is 18.0. The highest BCUT2D eigenvalue weighted by Crippen LogP contribution is 2.32. The van der Waals surface area contributed by atoms with Crippen molar-refractivity contribution < 1.29 is 14.3 Å². The van der Waals surface area contributed by atoms with Gasteiger partial charge in [-0.15, -0.1) is 0 Å². The molecule has 1 aliphatic rings. The molecule has 3 rings (SSSR count). The number of amides is 2. The molecule has 0 N–H and O–H groups in total. The maximum absolute atomic E-state index is 11.9. The number of imide groups is 1. The Morgan fingerprint density at radius 3 is 2.64 bits per heavy atom. The molecular formula is C19H16INO3S. The van der Waals surface area contributed by atoms with Crippen molar-refractivity contribution >= 4 is 51.6 Å². The van der Waals surface area contributed by atoms with Crippen LogP contribution < -0.4 is 4.74 Å². The standard InChI is InChI=1S/C19H16INO3S/c1-12-4-3-5-14(8-12)11-24-16-7-6-13(9-15(16)20)10-17-18(22)21(2)19(23)25-17/h3-10H,11H2,1-2H3/b17-10-. The van der Waals surface area contributed by atoms with Gasteiger partial charge in [0.05, 0.1) is 8.48 Å². The quantitative estimate of drug-likeness (QED) is 0.479. The van der Waals surface area contributed by atoms with Crippen LogP contribution in [-0.2, 0) is 11.4 Å². The third-order valence-corrected chi connectivity index (χ3v) is 5.52. The first-order chi connectivity index (χ1) is 11.9. The molecule has 0 atom stereocenters. The zero-order valence-electron chi connectivity index (χ0n) is 13.8. The van der Waals surface area contributed by atoms with E-state index in [0.717, 1.165) is 37.1 Å². The Bertz CT molecular complexity index is 879. The van der Waals surface area contributed by atoms with Crippen molar-refractivity contribution in [3.8, 4) is 5.75 Å². The topological polar surface area (TPSA) is 46.6 Å². The minimum absolute atomic E-state index is 0.246. The largest absolute Gasteiger partial charge is 0.488 e. The summed E-state index contributed by atoms with van der Waals surface area (Å²) in [6.45, 7) is 2.56. The highest BCUT2D eigenvalue weighted by molar-refractivity contribution is 14.1. The third-order valence-electron chi connectivity index (χ3n) is 3.72. The number of likely N-dealkylation sites (N-methyl/N-ethyl adjacent to an activating group) is 1. The van der Waals surface area contributed by atoms with Crippen molar-refractivity contribution in [3.63, 3.8) is 0 Å². The van der Waals surface area contributed by atoms with Crippen LogP contribution in [0.5, 0.6) is 5.75 Å². The highest BCUT2D eigenvalue weighted by atomic mass is 127. The van der Waals surface area contributed by atoms with Gasteiger partial charge in [0.15, 0.2) is 0 Å². The van der Waals surface area contributed by atoms with E-state index in [1.54, 1.807) is 6.08 Å². The van der Waals surface area contributed by atoms with Gasteiger partial charge in [-0.1, -0.05) is 35.9 Å². The summed E-state index contributed by atoms with van der Waals surface area (Å²) in [6.07, 6.45) is 1.74. The minimum atomic E-state index is -0.259. The summed E-state index contributed by atoms with van der Waals surface area (Å²) in [5.41, 5.74) is 3.19. The smallest absolute Gasteiger partial charge is 0.293 e. The number of aryl methyl sites for hydroxylation is 1. The monoisotopic (exact) mass is 465 g/mol. The first kappa shape index (κ1) is 18.0. The van der Waals surface area contributed by atoms with Crippen molar-refractivity contribution in [2.75, 3.05) is 7.05 Å². The summed E-state index contributed by atoms with van der Waals surface area (Å²) in [4.78, 5) is 25.1. The van der Waals surface area contributed by atoms with Crippen LogP contribution in [0, 0.1) is 10.5 Å². The second kappa shape index (κ2) is 7.61. The lowest BCUT2D eigenvalue weighted by atomic mass is 10.1. The van der Waals surface area contributed by atoms with Crippen molar-refractivity contribution in [1.82, 2.24) is 4.90 Å². The summed E-state index contributed by atoms with van der Waals surface area (Å²) in [6, 6.07) is 13.9. The molecule has 0 bridgehead atoms. The van der Waals surface area contributed by atoms with Gasteiger partial charge in [0.1, 0.15) is 12.4 Å². The number of benzene rings is 2. The van der Waals surface area contributed by atoms with Crippen LogP contribution in [-0.4, -0.2) is 23.1 Å². The molecule has 2 aromatic carbocycles. The molecule has 0 aromatic heterocycles. The number of hydrogen-bond acceptors (Lipinski definition) is 4. The molecule has 1 fully saturated rings. The molecule has 2 aromatic rings. The number of halogens is 1. The van der Waals surface area contributed by atoms with E-state index in [0.29, 0.717) is 11.5 Å². The number of nitrogens with zero attached hydrogens (tertiary/aromatic N) is 1. The average Bonchev–Trinajstić information content (AvgIpc) is 2.81. The maximum atomic E-state index is 11.9. The van der Waals surface area contributed by atoms with Gasteiger partial charge in [-0.3, -0.25) is 14.5 Å². The number of rotatable bonds is 4. The van der Waals surface area contributed by atoms with E-state index in [-0.39, 0.29) is 11.1 Å². The lowest BCUT2D eigenvalue weighted by Gasteiger charge is -2.09. The van der Waals surface area contributed by atoms with E-state index in [1.165, 1.54) is 12.6 Å². The van der Waals surface area contributed by atoms with Crippen LogP contribution in [0.1, 0.15) is 16.7 Å². The molecule has 128 valence electrons. The molecule has 0 spiro atoms. The lowest BCUT2D eigenvalue weighted by Crippen LogP contribution is -2.22. The molecule has 6 heteroatoms. The minimum Gasteiger partial charge on any atom is -0.488 e. The molecule has 1 saturated heterocycles. The fraction of sp³-hybridized carbons (Fsp3) is 0.158. The lowest BCUT2D eigenvalue weighted by molar-refractivity contribution is -0.121. The summed E-state index contributed by atoms with van der Waals surface area (Å²) >= 11 is 3.17. The van der Waals surface area contributed by atoms with Gasteiger partial charge in [-0.2, -0.15) is 0 Å². The fourth-order valence-corrected chi connectivity index (χ4v) is 3.91. The van der Waals surface area contributed by atoms with E-state index in [9.17, 15) is 9.59 Å². The number of ether oxygens (including phenoxy) is 1. The SMILES string of the molecule is Cc1cccc(COc2ccc(/C=C3\SC(=O)N(C)C3=O)cc2I)c1. The Kier molecular flexibility index (Phi) is 5.48. The molecule has 0 unspecified atom stereocenters. The zero-order valence-corrected chi connectivity index (χ0v) is 16.8. The molecule has 0 saturated carbocycles. The van der Waals surface area contributed by atoms with E-state index in [4.69, 9.17) is 4.74 Å². The molecule has 0 radical (unpaired) electrons. The van der Waals surface area contributed by atoms with Gasteiger partial charge < -0.3 is 4.74 Å². The molecule has 0 aliphatic carbocycles. The van der Waals surface area contributed by atoms with E-state index < -0.39 is 0 Å². The van der Waals surface area contributed by atoms with Gasteiger partial charge in [-0.05, 0) is 70.6 Å². The normalized spacial score (nSPS) is 16.0. The van der Waals surface area contributed by atoms with E-state index in [1.807, 2.05) is 30.3 Å². The molecule has 25 heavy (non-hydrogen) atoms. The highest BCUT2D eigenvalue weighted by Gasteiger charge is 2.31. The second-order valence-electron chi connectivity index (χ2n) is 5.71. The van der Waals surface area contributed by atoms with Gasteiger partial charge >= 0.3 is 0 Å². The van der Waals surface area contributed by atoms with Crippen molar-refractivity contribution in [2.45, 2.75) is 13.5 Å². The number of carbonyl (C=O) groups excluding carboxylic acids is 2. The number of carbonyl (C=O) groups is 2. The predicted octanol–water partition coefficient (Wildman–Crippen LogP) is 4.84. The first-order valence-corrected chi connectivity index (χ1v) is 9.53. The van der Waals surface area contributed by atoms with Crippen LogP contribution in [0.4, 0.5) is 4.79 Å². The van der Waals surface area contributed by atoms with Crippen molar-refractivity contribution in [1.29, 1.82) is 0 Å². The molecule has 1 aliphatic heterocycles. The fourth-order valence-electron chi connectivity index (χ4n) is 2.38. The predicted molar refractivity (Wildman–Crippen MR) is 108 cm³/mol. The number of hydrogen-bond donors (Lipinski definition) is 0. The van der Waals surface area contributed by atoms with Crippen LogP contribution in [0.3, 0.4) is 0 Å². The Labute approximate surface area is 164 Å². The van der Waals surface area contributed by atoms with Crippen LogP contribution >= 0.6 is 34.4 Å². The molecular weight excluding hydrogens is 449 g/mol. The molecule has 1 heterocycles. The summed E-state index contributed by atoms with van der Waals surface area (Å²) in [5.74, 6) is 0.535. The Balaban J connectivity index is 1.73. The summed E-state index contributed by atoms with van der Waals surface area (Å²) in [7, 11) is 1.49. The van der Waals surface area contributed by atoms with Gasteiger partial charge in [-0.25, -0.2) is 0 Å². The molecule has 2 amide bonds. The van der Waals surface area contributed by atoms with E-state index in [2.05, 4.69) is 41.6 Å².